The van der Waals surface area contributed by atoms with Gasteiger partial charge in [0.25, 0.3) is 0 Å². The van der Waals surface area contributed by atoms with Crippen molar-refractivity contribution in [2.75, 3.05) is 0 Å². The van der Waals surface area contributed by atoms with Gasteiger partial charge in [0.2, 0.25) is 0 Å². The lowest BCUT2D eigenvalue weighted by Crippen LogP contribution is -2.45. The minimum atomic E-state index is -0.478. The number of fused-ring (bicyclic) bond motifs is 2. The van der Waals surface area contributed by atoms with Crippen LogP contribution in [0.5, 0.6) is 0 Å². The summed E-state index contributed by atoms with van der Waals surface area (Å²) in [7, 11) is 0. The molecule has 4 heteroatoms. The van der Waals surface area contributed by atoms with Crippen molar-refractivity contribution in [1.29, 1.82) is 0 Å². The first kappa shape index (κ1) is 16.0. The average Bonchev–Trinajstić information content (AvgIpc) is 2.68. The number of rotatable bonds is 1. The van der Waals surface area contributed by atoms with E-state index in [2.05, 4.69) is 6.08 Å². The smallest absolute Gasteiger partial charge is 0.411 e. The van der Waals surface area contributed by atoms with Crippen LogP contribution < -0.4 is 0 Å². The maximum atomic E-state index is 13.3. The summed E-state index contributed by atoms with van der Waals surface area (Å²) in [6.07, 6.45) is 4.70. The highest BCUT2D eigenvalue weighted by Crippen LogP contribution is 2.40. The van der Waals surface area contributed by atoms with Crippen LogP contribution in [0, 0.1) is 12.7 Å². The van der Waals surface area contributed by atoms with E-state index in [4.69, 9.17) is 4.74 Å². The van der Waals surface area contributed by atoms with Gasteiger partial charge in [-0.05, 0) is 75.8 Å². The Morgan fingerprint density at radius 3 is 2.65 bits per heavy atom. The Kier molecular flexibility index (Phi) is 3.95. The van der Waals surface area contributed by atoms with E-state index in [9.17, 15) is 9.18 Å². The Morgan fingerprint density at radius 1 is 1.30 bits per heavy atom. The van der Waals surface area contributed by atoms with Gasteiger partial charge in [0.05, 0.1) is 6.04 Å². The molecule has 1 aromatic rings. The topological polar surface area (TPSA) is 29.5 Å². The van der Waals surface area contributed by atoms with Crippen LogP contribution in [0.4, 0.5) is 9.18 Å². The second kappa shape index (κ2) is 5.66. The molecular formula is C19H24FNO2. The summed E-state index contributed by atoms with van der Waals surface area (Å²) in [5.41, 5.74) is 2.77. The lowest BCUT2D eigenvalue weighted by atomic mass is 9.92. The zero-order valence-electron chi connectivity index (χ0n) is 14.2. The zero-order valence-corrected chi connectivity index (χ0v) is 14.2. The van der Waals surface area contributed by atoms with Crippen molar-refractivity contribution in [3.8, 4) is 0 Å². The number of halogens is 1. The lowest BCUT2D eigenvalue weighted by Gasteiger charge is -2.35. The van der Waals surface area contributed by atoms with Crippen molar-refractivity contribution in [2.45, 2.75) is 64.6 Å². The highest BCUT2D eigenvalue weighted by atomic mass is 19.1. The van der Waals surface area contributed by atoms with Gasteiger partial charge in [0, 0.05) is 6.04 Å². The van der Waals surface area contributed by atoms with E-state index >= 15 is 0 Å². The van der Waals surface area contributed by atoms with E-state index in [1.54, 1.807) is 6.07 Å². The fourth-order valence-electron chi connectivity index (χ4n) is 3.62. The number of amides is 1. The van der Waals surface area contributed by atoms with Crippen LogP contribution in [0.1, 0.15) is 51.2 Å². The van der Waals surface area contributed by atoms with Crippen LogP contribution >= 0.6 is 0 Å². The van der Waals surface area contributed by atoms with Crippen molar-refractivity contribution in [1.82, 2.24) is 4.90 Å². The average molecular weight is 317 g/mol. The van der Waals surface area contributed by atoms with Crippen molar-refractivity contribution >= 4 is 11.7 Å². The van der Waals surface area contributed by atoms with Crippen LogP contribution in [0.2, 0.25) is 0 Å². The molecule has 2 bridgehead atoms. The molecular weight excluding hydrogens is 293 g/mol. The van der Waals surface area contributed by atoms with Gasteiger partial charge >= 0.3 is 6.09 Å². The fraction of sp³-hybridized carbons (Fsp3) is 0.526. The Morgan fingerprint density at radius 2 is 2.04 bits per heavy atom. The van der Waals surface area contributed by atoms with Crippen molar-refractivity contribution in [2.24, 2.45) is 0 Å². The fourth-order valence-corrected chi connectivity index (χ4v) is 3.62. The molecule has 0 N–H and O–H groups in total. The van der Waals surface area contributed by atoms with Crippen LogP contribution in [-0.2, 0) is 4.74 Å². The van der Waals surface area contributed by atoms with Gasteiger partial charge in [-0.2, -0.15) is 0 Å². The summed E-state index contributed by atoms with van der Waals surface area (Å²) in [6.45, 7) is 7.60. The highest BCUT2D eigenvalue weighted by molar-refractivity contribution is 5.76. The molecule has 2 aliphatic rings. The van der Waals surface area contributed by atoms with Gasteiger partial charge in [-0.15, -0.1) is 0 Å². The van der Waals surface area contributed by atoms with Gasteiger partial charge in [-0.25, -0.2) is 9.18 Å². The second-order valence-electron chi connectivity index (χ2n) is 7.54. The molecule has 0 spiro atoms. The first-order valence-corrected chi connectivity index (χ1v) is 8.23. The molecule has 124 valence electrons. The Balaban J connectivity index is 1.84. The first-order valence-electron chi connectivity index (χ1n) is 8.23. The molecule has 0 radical (unpaired) electrons. The maximum absolute atomic E-state index is 13.3. The van der Waals surface area contributed by atoms with E-state index < -0.39 is 5.60 Å². The number of nitrogens with zero attached hydrogens (tertiary/aromatic N) is 1. The summed E-state index contributed by atoms with van der Waals surface area (Å²) in [5.74, 6) is -0.207. The molecule has 0 saturated carbocycles. The van der Waals surface area contributed by atoms with E-state index in [1.165, 1.54) is 11.6 Å². The van der Waals surface area contributed by atoms with Crippen molar-refractivity contribution < 1.29 is 13.9 Å². The predicted octanol–water partition coefficient (Wildman–Crippen LogP) is 4.69. The number of ether oxygens (including phenoxy) is 1. The molecule has 1 saturated heterocycles. The highest BCUT2D eigenvalue weighted by Gasteiger charge is 2.41. The number of hydrogen-bond acceptors (Lipinski definition) is 2. The third kappa shape index (κ3) is 3.26. The summed E-state index contributed by atoms with van der Waals surface area (Å²) in [6, 6.07) is 5.19. The molecule has 1 fully saturated rings. The largest absolute Gasteiger partial charge is 0.444 e. The van der Waals surface area contributed by atoms with Crippen molar-refractivity contribution in [3.63, 3.8) is 0 Å². The molecule has 1 aromatic carbocycles. The maximum Gasteiger partial charge on any atom is 0.411 e. The summed E-state index contributed by atoms with van der Waals surface area (Å²) >= 11 is 0. The number of benzene rings is 1. The predicted molar refractivity (Wildman–Crippen MR) is 88.6 cm³/mol. The summed E-state index contributed by atoms with van der Waals surface area (Å²) in [4.78, 5) is 14.3. The standard InChI is InChI=1S/C19H24FNO2/c1-12-9-14(20)5-8-17(12)13-10-15-6-7-16(11-13)21(15)18(22)23-19(2,3)4/h5,8-10,15-16H,6-7,11H2,1-4H3. The van der Waals surface area contributed by atoms with Crippen LogP contribution in [0.3, 0.4) is 0 Å². The second-order valence-corrected chi connectivity index (χ2v) is 7.54. The van der Waals surface area contributed by atoms with Crippen molar-refractivity contribution in [3.05, 3.63) is 41.2 Å². The minimum absolute atomic E-state index is 0.0862. The number of hydrogen-bond donors (Lipinski definition) is 0. The van der Waals surface area contributed by atoms with Crippen LogP contribution in [0.15, 0.2) is 24.3 Å². The third-order valence-corrected chi connectivity index (χ3v) is 4.53. The summed E-state index contributed by atoms with van der Waals surface area (Å²) < 4.78 is 18.9. The Labute approximate surface area is 137 Å². The van der Waals surface area contributed by atoms with Gasteiger partial charge in [-0.3, -0.25) is 4.90 Å². The van der Waals surface area contributed by atoms with E-state index in [0.717, 1.165) is 30.4 Å². The molecule has 2 atom stereocenters. The third-order valence-electron chi connectivity index (χ3n) is 4.53. The molecule has 3 rings (SSSR count). The molecule has 2 unspecified atom stereocenters. The van der Waals surface area contributed by atoms with Gasteiger partial charge in [0.1, 0.15) is 11.4 Å². The van der Waals surface area contributed by atoms with E-state index in [-0.39, 0.29) is 24.0 Å². The molecule has 0 aliphatic carbocycles. The Bertz CT molecular complexity index is 660. The zero-order chi connectivity index (χ0) is 16.8. The van der Waals surface area contributed by atoms with E-state index in [1.807, 2.05) is 38.7 Å². The summed E-state index contributed by atoms with van der Waals surface area (Å²) in [5, 5.41) is 0. The molecule has 2 aliphatic heterocycles. The lowest BCUT2D eigenvalue weighted by molar-refractivity contribution is 0.0175. The van der Waals surface area contributed by atoms with Gasteiger partial charge < -0.3 is 4.74 Å². The molecule has 3 nitrogen and oxygen atoms in total. The molecule has 2 heterocycles. The SMILES string of the molecule is Cc1cc(F)ccc1C1=CC2CCC(C1)N2C(=O)OC(C)(C)C. The Hall–Kier alpha value is -1.84. The number of aryl methyl sites for hydroxylation is 1. The molecule has 0 aromatic heterocycles. The molecule has 1 amide bonds. The van der Waals surface area contributed by atoms with Crippen LogP contribution in [-0.4, -0.2) is 28.7 Å². The monoisotopic (exact) mass is 317 g/mol. The normalized spacial score (nSPS) is 23.7. The quantitative estimate of drug-likeness (QED) is 0.752. The number of carbonyl (C=O) groups excluding carboxylic acids is 1. The minimum Gasteiger partial charge on any atom is -0.444 e. The van der Waals surface area contributed by atoms with Gasteiger partial charge in [0.15, 0.2) is 0 Å². The van der Waals surface area contributed by atoms with E-state index in [0.29, 0.717) is 0 Å². The molecule has 23 heavy (non-hydrogen) atoms. The first-order chi connectivity index (χ1) is 10.7. The number of carbonyl (C=O) groups is 1. The van der Waals surface area contributed by atoms with Gasteiger partial charge in [-0.1, -0.05) is 12.1 Å². The van der Waals surface area contributed by atoms with Crippen LogP contribution in [0.25, 0.3) is 5.57 Å².